The lowest BCUT2D eigenvalue weighted by atomic mass is 10.0. The van der Waals surface area contributed by atoms with Gasteiger partial charge in [0.15, 0.2) is 9.84 Å². The van der Waals surface area contributed by atoms with Gasteiger partial charge in [0.25, 0.3) is 0 Å². The fourth-order valence-corrected chi connectivity index (χ4v) is 3.78. The number of nitrogens with zero attached hydrogens (tertiary/aromatic N) is 1. The van der Waals surface area contributed by atoms with Crippen LogP contribution in [0, 0.1) is 0 Å². The molecule has 1 heterocycles. The third-order valence-corrected chi connectivity index (χ3v) is 5.79. The molecule has 1 amide bonds. The first-order valence-corrected chi connectivity index (χ1v) is 10.3. The van der Waals surface area contributed by atoms with Crippen LogP contribution in [-0.4, -0.2) is 61.7 Å². The summed E-state index contributed by atoms with van der Waals surface area (Å²) >= 11 is 0. The number of nitrogens with one attached hydrogen (secondary N) is 1. The number of likely N-dealkylation sites (tertiary alicyclic amines) is 1. The van der Waals surface area contributed by atoms with Crippen LogP contribution in [-0.2, 0) is 14.6 Å². The van der Waals surface area contributed by atoms with E-state index < -0.39 is 15.4 Å². The Morgan fingerprint density at radius 1 is 1.35 bits per heavy atom. The van der Waals surface area contributed by atoms with E-state index in [1.54, 1.807) is 11.8 Å². The van der Waals surface area contributed by atoms with Gasteiger partial charge in [-0.3, -0.25) is 0 Å². The quantitative estimate of drug-likeness (QED) is 0.796. The molecule has 0 bridgehead atoms. The average molecular weight is 349 g/mol. The molecule has 2 atom stereocenters. The maximum absolute atomic E-state index is 12.3. The smallest absolute Gasteiger partial charge is 0.410 e. The van der Waals surface area contributed by atoms with E-state index in [1.165, 1.54) is 0 Å². The lowest BCUT2D eigenvalue weighted by Gasteiger charge is -2.37. The summed E-state index contributed by atoms with van der Waals surface area (Å²) in [6.45, 7) is 10.4. The van der Waals surface area contributed by atoms with Crippen LogP contribution in [0.4, 0.5) is 4.79 Å². The molecule has 1 aliphatic heterocycles. The molecular weight excluding hydrogens is 316 g/mol. The number of sulfone groups is 1. The number of hydrogen-bond donors (Lipinski definition) is 1. The van der Waals surface area contributed by atoms with E-state index in [4.69, 9.17) is 4.74 Å². The van der Waals surface area contributed by atoms with E-state index in [0.717, 1.165) is 19.3 Å². The van der Waals surface area contributed by atoms with Crippen LogP contribution < -0.4 is 5.32 Å². The molecule has 23 heavy (non-hydrogen) atoms. The van der Waals surface area contributed by atoms with Crippen LogP contribution in [0.25, 0.3) is 0 Å². The van der Waals surface area contributed by atoms with Gasteiger partial charge in [0.05, 0.1) is 5.75 Å². The summed E-state index contributed by atoms with van der Waals surface area (Å²) in [5, 5.41) is 3.26. The maximum Gasteiger partial charge on any atom is 0.410 e. The Bertz CT molecular complexity index is 485. The molecule has 2 unspecified atom stereocenters. The van der Waals surface area contributed by atoms with Crippen LogP contribution in [0.1, 0.15) is 53.9 Å². The van der Waals surface area contributed by atoms with Crippen molar-refractivity contribution < 1.29 is 17.9 Å². The Balaban J connectivity index is 2.57. The van der Waals surface area contributed by atoms with Crippen LogP contribution in [0.5, 0.6) is 0 Å². The van der Waals surface area contributed by atoms with Gasteiger partial charge in [-0.1, -0.05) is 6.92 Å². The van der Waals surface area contributed by atoms with E-state index in [-0.39, 0.29) is 29.7 Å². The van der Waals surface area contributed by atoms with E-state index in [1.807, 2.05) is 27.7 Å². The number of rotatable bonds is 6. The standard InChI is InChI=1S/C16H32N2O4S/c1-6-23(20,21)12-13(2)17-11-14-9-7-8-10-18(14)15(19)22-16(3,4)5/h13-14,17H,6-12H2,1-5H3. The average Bonchev–Trinajstić information content (AvgIpc) is 2.43. The lowest BCUT2D eigenvalue weighted by Crippen LogP contribution is -2.51. The predicted octanol–water partition coefficient (Wildman–Crippen LogP) is 2.19. The van der Waals surface area contributed by atoms with Crippen molar-refractivity contribution in [2.75, 3.05) is 24.6 Å². The molecule has 1 fully saturated rings. The Kier molecular flexibility index (Phi) is 7.32. The Labute approximate surface area is 140 Å². The van der Waals surface area contributed by atoms with Crippen molar-refractivity contribution >= 4 is 15.9 Å². The zero-order valence-corrected chi connectivity index (χ0v) is 15.9. The Morgan fingerprint density at radius 3 is 2.57 bits per heavy atom. The summed E-state index contributed by atoms with van der Waals surface area (Å²) in [5.41, 5.74) is -0.505. The minimum atomic E-state index is -2.99. The fraction of sp³-hybridized carbons (Fsp3) is 0.938. The Morgan fingerprint density at radius 2 is 2.00 bits per heavy atom. The van der Waals surface area contributed by atoms with E-state index >= 15 is 0 Å². The highest BCUT2D eigenvalue weighted by Crippen LogP contribution is 2.20. The second-order valence-electron chi connectivity index (χ2n) is 7.33. The molecule has 0 spiro atoms. The zero-order valence-electron chi connectivity index (χ0n) is 15.1. The summed E-state index contributed by atoms with van der Waals surface area (Å²) < 4.78 is 28.8. The molecule has 0 aromatic heterocycles. The molecule has 6 nitrogen and oxygen atoms in total. The van der Waals surface area contributed by atoms with Crippen LogP contribution in [0.3, 0.4) is 0 Å². The molecule has 0 radical (unpaired) electrons. The molecule has 136 valence electrons. The number of ether oxygens (including phenoxy) is 1. The van der Waals surface area contributed by atoms with Crippen LogP contribution in [0.2, 0.25) is 0 Å². The third kappa shape index (κ3) is 7.52. The number of carbonyl (C=O) groups is 1. The molecule has 0 aromatic rings. The van der Waals surface area contributed by atoms with Crippen molar-refractivity contribution in [2.24, 2.45) is 0 Å². The second-order valence-corrected chi connectivity index (χ2v) is 9.73. The van der Waals surface area contributed by atoms with Gasteiger partial charge in [0, 0.05) is 30.9 Å². The van der Waals surface area contributed by atoms with Crippen molar-refractivity contribution in [2.45, 2.75) is 71.6 Å². The lowest BCUT2D eigenvalue weighted by molar-refractivity contribution is 0.00975. The van der Waals surface area contributed by atoms with Crippen LogP contribution >= 0.6 is 0 Å². The summed E-state index contributed by atoms with van der Waals surface area (Å²) in [4.78, 5) is 14.1. The van der Waals surface area contributed by atoms with Gasteiger partial charge in [0.2, 0.25) is 0 Å². The summed E-state index contributed by atoms with van der Waals surface area (Å²) in [6.07, 6.45) is 2.69. The summed E-state index contributed by atoms with van der Waals surface area (Å²) in [6, 6.07) is -0.0623. The molecule has 0 saturated carbocycles. The fourth-order valence-electron chi connectivity index (χ4n) is 2.67. The highest BCUT2D eigenvalue weighted by molar-refractivity contribution is 7.91. The van der Waals surface area contributed by atoms with Crippen molar-refractivity contribution in [1.29, 1.82) is 0 Å². The van der Waals surface area contributed by atoms with Gasteiger partial charge in [-0.2, -0.15) is 0 Å². The number of piperidine rings is 1. The third-order valence-electron chi connectivity index (χ3n) is 3.90. The molecule has 0 aromatic carbocycles. The number of carbonyl (C=O) groups excluding carboxylic acids is 1. The molecule has 7 heteroatoms. The highest BCUT2D eigenvalue weighted by Gasteiger charge is 2.30. The van der Waals surface area contributed by atoms with E-state index in [9.17, 15) is 13.2 Å². The molecule has 1 aliphatic rings. The van der Waals surface area contributed by atoms with Gasteiger partial charge in [-0.25, -0.2) is 13.2 Å². The van der Waals surface area contributed by atoms with Crippen molar-refractivity contribution in [3.63, 3.8) is 0 Å². The van der Waals surface area contributed by atoms with Crippen molar-refractivity contribution in [3.05, 3.63) is 0 Å². The van der Waals surface area contributed by atoms with Crippen molar-refractivity contribution in [3.8, 4) is 0 Å². The number of hydrogen-bond acceptors (Lipinski definition) is 5. The van der Waals surface area contributed by atoms with Gasteiger partial charge < -0.3 is 15.0 Å². The molecule has 1 saturated heterocycles. The number of amides is 1. The summed E-state index contributed by atoms with van der Waals surface area (Å²) in [5.74, 6) is 0.287. The van der Waals surface area contributed by atoms with E-state index in [2.05, 4.69) is 5.32 Å². The minimum absolute atomic E-state index is 0.0605. The van der Waals surface area contributed by atoms with Gasteiger partial charge in [-0.05, 0) is 47.0 Å². The SMILES string of the molecule is CCS(=O)(=O)CC(C)NCC1CCCCN1C(=O)OC(C)(C)C. The predicted molar refractivity (Wildman–Crippen MR) is 92.4 cm³/mol. The first-order valence-electron chi connectivity index (χ1n) is 8.47. The van der Waals surface area contributed by atoms with Crippen molar-refractivity contribution in [1.82, 2.24) is 10.2 Å². The van der Waals surface area contributed by atoms with Gasteiger partial charge >= 0.3 is 6.09 Å². The normalized spacial score (nSPS) is 21.1. The van der Waals surface area contributed by atoms with E-state index in [0.29, 0.717) is 13.1 Å². The molecular formula is C16H32N2O4S. The monoisotopic (exact) mass is 348 g/mol. The first kappa shape index (κ1) is 20.2. The summed E-state index contributed by atoms with van der Waals surface area (Å²) in [7, 11) is -2.99. The highest BCUT2D eigenvalue weighted by atomic mass is 32.2. The largest absolute Gasteiger partial charge is 0.444 e. The molecule has 0 aliphatic carbocycles. The topological polar surface area (TPSA) is 75.7 Å². The van der Waals surface area contributed by atoms with Gasteiger partial charge in [-0.15, -0.1) is 0 Å². The Hall–Kier alpha value is -0.820. The minimum Gasteiger partial charge on any atom is -0.444 e. The molecule has 1 N–H and O–H groups in total. The zero-order chi connectivity index (χ0) is 17.7. The first-order chi connectivity index (χ1) is 10.5. The second kappa shape index (κ2) is 8.33. The maximum atomic E-state index is 12.3. The molecule has 1 rings (SSSR count). The van der Waals surface area contributed by atoms with Gasteiger partial charge in [0.1, 0.15) is 5.60 Å². The van der Waals surface area contributed by atoms with Crippen LogP contribution in [0.15, 0.2) is 0 Å².